The minimum Gasteiger partial charge on any atom is -0.459 e. The van der Waals surface area contributed by atoms with Crippen LogP contribution in [0.1, 0.15) is 23.5 Å². The summed E-state index contributed by atoms with van der Waals surface area (Å²) in [6.45, 7) is 0. The zero-order valence-corrected chi connectivity index (χ0v) is 22.0. The van der Waals surface area contributed by atoms with Crippen LogP contribution in [-0.4, -0.2) is 24.8 Å². The van der Waals surface area contributed by atoms with Gasteiger partial charge in [-0.1, -0.05) is 29.3 Å². The number of furan rings is 1. The number of thiocarbonyl (C=S) groups is 1. The minimum absolute atomic E-state index is 0.291. The van der Waals surface area contributed by atoms with Gasteiger partial charge in [0.2, 0.25) is 10.0 Å². The number of sulfonamides is 1. The van der Waals surface area contributed by atoms with Crippen LogP contribution < -0.4 is 14.9 Å². The first-order valence-electron chi connectivity index (χ1n) is 10.8. The van der Waals surface area contributed by atoms with E-state index in [-0.39, 0.29) is 12.1 Å². The summed E-state index contributed by atoms with van der Waals surface area (Å²) in [6.07, 6.45) is 2.84. The number of pyridine rings is 1. The predicted molar refractivity (Wildman–Crippen MR) is 147 cm³/mol. The summed E-state index contributed by atoms with van der Waals surface area (Å²) in [4.78, 5) is 6.48. The normalized spacial score (nSPS) is 17.8. The molecule has 0 amide bonds. The summed E-state index contributed by atoms with van der Waals surface area (Å²) in [6, 6.07) is 21.1. The second kappa shape index (κ2) is 9.74. The standard InChI is InChI=1S/C25H20Cl2N4O3S2/c1-36(32,33)30-16-6-8-17(9-7-16)31-24(23(29-25(31)35)20-4-2-3-13-28-20)22-12-11-21(34-22)15-5-10-18(26)19(27)14-15/h2-14,23-24,30H,1H3,(H,29,35)/t23-,24-/m0/s1. The number of aromatic nitrogens is 1. The summed E-state index contributed by atoms with van der Waals surface area (Å²) in [7, 11) is -3.39. The largest absolute Gasteiger partial charge is 0.459 e. The SMILES string of the molecule is CS(=O)(=O)Nc1ccc(N2C(=S)N[C@@H](c3ccccn3)[C@@H]2c2ccc(-c3ccc(Cl)c(Cl)c3)o2)cc1. The van der Waals surface area contributed by atoms with E-state index < -0.39 is 10.0 Å². The predicted octanol–water partition coefficient (Wildman–Crippen LogP) is 6.20. The molecule has 1 saturated heterocycles. The van der Waals surface area contributed by atoms with Crippen LogP contribution >= 0.6 is 35.4 Å². The summed E-state index contributed by atoms with van der Waals surface area (Å²) < 4.78 is 32.0. The third kappa shape index (κ3) is 5.05. The van der Waals surface area contributed by atoms with Gasteiger partial charge in [0.1, 0.15) is 17.6 Å². The van der Waals surface area contributed by atoms with Gasteiger partial charge < -0.3 is 14.6 Å². The van der Waals surface area contributed by atoms with Gasteiger partial charge in [-0.2, -0.15) is 0 Å². The zero-order chi connectivity index (χ0) is 25.4. The Morgan fingerprint density at radius 2 is 1.81 bits per heavy atom. The average molecular weight is 560 g/mol. The molecule has 1 aliphatic rings. The van der Waals surface area contributed by atoms with Crippen LogP contribution in [0.15, 0.2) is 83.4 Å². The number of benzene rings is 2. The molecule has 0 bridgehead atoms. The van der Waals surface area contributed by atoms with Gasteiger partial charge in [-0.25, -0.2) is 8.42 Å². The Morgan fingerprint density at radius 1 is 1.03 bits per heavy atom. The molecule has 0 unspecified atom stereocenters. The van der Waals surface area contributed by atoms with Crippen LogP contribution in [-0.2, 0) is 10.0 Å². The molecular formula is C25H20Cl2N4O3S2. The lowest BCUT2D eigenvalue weighted by Gasteiger charge is -2.26. The maximum Gasteiger partial charge on any atom is 0.229 e. The third-order valence-corrected chi connectivity index (χ3v) is 7.33. The maximum atomic E-state index is 11.6. The highest BCUT2D eigenvalue weighted by atomic mass is 35.5. The van der Waals surface area contributed by atoms with Crippen molar-refractivity contribution in [2.24, 2.45) is 0 Å². The number of hydrogen-bond donors (Lipinski definition) is 2. The van der Waals surface area contributed by atoms with E-state index in [0.29, 0.717) is 32.4 Å². The summed E-state index contributed by atoms with van der Waals surface area (Å²) in [5.41, 5.74) is 2.82. The van der Waals surface area contributed by atoms with E-state index in [1.54, 1.807) is 42.6 Å². The number of rotatable bonds is 6. The van der Waals surface area contributed by atoms with Crippen molar-refractivity contribution in [3.05, 3.63) is 100 Å². The molecule has 7 nitrogen and oxygen atoms in total. The molecule has 2 atom stereocenters. The molecule has 0 radical (unpaired) electrons. The average Bonchev–Trinajstić information content (AvgIpc) is 3.46. The fraction of sp³-hybridized carbons (Fsp3) is 0.120. The molecule has 3 heterocycles. The molecule has 0 spiro atoms. The first kappa shape index (κ1) is 24.6. The molecule has 2 aromatic heterocycles. The maximum absolute atomic E-state index is 11.6. The van der Waals surface area contributed by atoms with E-state index in [1.165, 1.54) is 0 Å². The van der Waals surface area contributed by atoms with Crippen LogP contribution in [0.4, 0.5) is 11.4 Å². The minimum atomic E-state index is -3.39. The van der Waals surface area contributed by atoms with Gasteiger partial charge in [-0.15, -0.1) is 0 Å². The molecule has 1 aliphatic heterocycles. The molecular weight excluding hydrogens is 539 g/mol. The van der Waals surface area contributed by atoms with Crippen molar-refractivity contribution in [1.82, 2.24) is 10.3 Å². The van der Waals surface area contributed by atoms with E-state index in [4.69, 9.17) is 39.8 Å². The molecule has 11 heteroatoms. The molecule has 2 N–H and O–H groups in total. The van der Waals surface area contributed by atoms with Gasteiger partial charge in [0.15, 0.2) is 5.11 Å². The van der Waals surface area contributed by atoms with Gasteiger partial charge >= 0.3 is 0 Å². The van der Waals surface area contributed by atoms with Gasteiger partial charge in [-0.3, -0.25) is 9.71 Å². The Morgan fingerprint density at radius 3 is 2.47 bits per heavy atom. The second-order valence-electron chi connectivity index (χ2n) is 8.25. The highest BCUT2D eigenvalue weighted by Crippen LogP contribution is 2.43. The Balaban J connectivity index is 1.55. The van der Waals surface area contributed by atoms with E-state index in [9.17, 15) is 8.42 Å². The van der Waals surface area contributed by atoms with Crippen LogP contribution in [0.5, 0.6) is 0 Å². The quantitative estimate of drug-likeness (QED) is 0.272. The van der Waals surface area contributed by atoms with Crippen molar-refractivity contribution in [2.45, 2.75) is 12.1 Å². The van der Waals surface area contributed by atoms with E-state index in [2.05, 4.69) is 15.0 Å². The number of hydrogen-bond acceptors (Lipinski definition) is 5. The van der Waals surface area contributed by atoms with Crippen LogP contribution in [0.2, 0.25) is 10.0 Å². The Kier molecular flexibility index (Phi) is 6.65. The topological polar surface area (TPSA) is 87.5 Å². The Hall–Kier alpha value is -3.11. The monoisotopic (exact) mass is 558 g/mol. The second-order valence-corrected chi connectivity index (χ2v) is 11.2. The van der Waals surface area contributed by atoms with Crippen LogP contribution in [0, 0.1) is 0 Å². The van der Waals surface area contributed by atoms with Gasteiger partial charge in [0.25, 0.3) is 0 Å². The highest BCUT2D eigenvalue weighted by Gasteiger charge is 2.42. The number of halogens is 2. The zero-order valence-electron chi connectivity index (χ0n) is 18.9. The van der Waals surface area contributed by atoms with E-state index in [1.807, 2.05) is 41.3 Å². The fourth-order valence-electron chi connectivity index (χ4n) is 4.14. The van der Waals surface area contributed by atoms with E-state index >= 15 is 0 Å². The summed E-state index contributed by atoms with van der Waals surface area (Å²) in [5.74, 6) is 1.30. The van der Waals surface area contributed by atoms with Crippen LogP contribution in [0.25, 0.3) is 11.3 Å². The third-order valence-electron chi connectivity index (χ3n) is 5.67. The first-order valence-corrected chi connectivity index (χ1v) is 13.9. The van der Waals surface area contributed by atoms with Crippen molar-refractivity contribution in [1.29, 1.82) is 0 Å². The van der Waals surface area contributed by atoms with Crippen molar-refractivity contribution >= 4 is 61.9 Å². The van der Waals surface area contributed by atoms with Gasteiger partial charge in [0, 0.05) is 23.1 Å². The Bertz CT molecular complexity index is 1530. The number of anilines is 2. The van der Waals surface area contributed by atoms with Crippen molar-refractivity contribution < 1.29 is 12.8 Å². The van der Waals surface area contributed by atoms with Crippen molar-refractivity contribution in [3.8, 4) is 11.3 Å². The van der Waals surface area contributed by atoms with Gasteiger partial charge in [0.05, 0.1) is 28.0 Å². The molecule has 2 aromatic carbocycles. The van der Waals surface area contributed by atoms with Crippen molar-refractivity contribution in [3.63, 3.8) is 0 Å². The molecule has 36 heavy (non-hydrogen) atoms. The molecule has 184 valence electrons. The molecule has 1 fully saturated rings. The van der Waals surface area contributed by atoms with Gasteiger partial charge in [-0.05, 0) is 78.9 Å². The number of nitrogens with zero attached hydrogens (tertiary/aromatic N) is 2. The molecule has 4 aromatic rings. The van der Waals surface area contributed by atoms with Crippen molar-refractivity contribution in [2.75, 3.05) is 15.9 Å². The molecule has 0 aliphatic carbocycles. The molecule has 5 rings (SSSR count). The van der Waals surface area contributed by atoms with E-state index in [0.717, 1.165) is 23.2 Å². The fourth-order valence-corrected chi connectivity index (χ4v) is 5.35. The first-order chi connectivity index (χ1) is 17.2. The highest BCUT2D eigenvalue weighted by molar-refractivity contribution is 7.92. The Labute approximate surface area is 224 Å². The summed E-state index contributed by atoms with van der Waals surface area (Å²) >= 11 is 18.0. The lowest BCUT2D eigenvalue weighted by atomic mass is 10.0. The number of nitrogens with one attached hydrogen (secondary N) is 2. The smallest absolute Gasteiger partial charge is 0.229 e. The lowest BCUT2D eigenvalue weighted by Crippen LogP contribution is -2.29. The molecule has 0 saturated carbocycles. The lowest BCUT2D eigenvalue weighted by molar-refractivity contribution is 0.439. The summed E-state index contributed by atoms with van der Waals surface area (Å²) in [5, 5.41) is 4.77. The van der Waals surface area contributed by atoms with Crippen LogP contribution in [0.3, 0.4) is 0 Å².